The lowest BCUT2D eigenvalue weighted by molar-refractivity contribution is -0.137. The van der Waals surface area contributed by atoms with Crippen molar-refractivity contribution in [1.29, 1.82) is 0 Å². The van der Waals surface area contributed by atoms with Crippen LogP contribution in [0.15, 0.2) is 66.7 Å². The molecule has 0 spiro atoms. The zero-order valence-electron chi connectivity index (χ0n) is 29.9. The standard InChI is InChI=1S/C20H22F3NO2.C12H18O2.C9H8ClF/c1-13(3-4-14-5-8-18(25)19(9-14)26-2)24-11-15-6-7-17(20(21,22)23)10-16(15)12-24;1-9(2)4-5-10-6-7-11(13)12(8-10)14-3;10-8-4-6-2-1-3-7(6)5-9(8)11/h5-10,13,25H,3-4,11-12H2,1-2H3;6-9,13H,4-5H2,1-3H3;4-5H,1-3H2/t13-;;/m1../s1. The Hall–Kier alpha value is -3.95. The van der Waals surface area contributed by atoms with Gasteiger partial charge in [0, 0.05) is 19.1 Å². The van der Waals surface area contributed by atoms with Crippen molar-refractivity contribution in [3.05, 3.63) is 117 Å². The average molecular weight is 730 g/mol. The molecule has 0 radical (unpaired) electrons. The molecule has 1 aliphatic carbocycles. The minimum absolute atomic E-state index is 0.111. The summed E-state index contributed by atoms with van der Waals surface area (Å²) in [5.41, 5.74) is 5.77. The largest absolute Gasteiger partial charge is 0.504 e. The second-order valence-corrected chi connectivity index (χ2v) is 14.0. The fourth-order valence-corrected chi connectivity index (χ4v) is 6.43. The Morgan fingerprint density at radius 1 is 0.725 bits per heavy atom. The predicted molar refractivity (Wildman–Crippen MR) is 194 cm³/mol. The molecular formula is C41H48ClF4NO4. The number of fused-ring (bicyclic) bond motifs is 2. The van der Waals surface area contributed by atoms with Gasteiger partial charge in [0.05, 0.1) is 24.8 Å². The van der Waals surface area contributed by atoms with Crippen molar-refractivity contribution in [2.24, 2.45) is 5.92 Å². The number of phenols is 2. The summed E-state index contributed by atoms with van der Waals surface area (Å²) in [6.45, 7) is 7.72. The molecule has 0 amide bonds. The van der Waals surface area contributed by atoms with E-state index in [1.807, 2.05) is 24.3 Å². The third kappa shape index (κ3) is 11.3. The van der Waals surface area contributed by atoms with E-state index >= 15 is 0 Å². The van der Waals surface area contributed by atoms with Crippen LogP contribution in [0.2, 0.25) is 5.02 Å². The van der Waals surface area contributed by atoms with Crippen molar-refractivity contribution >= 4 is 11.6 Å². The number of aryl methyl sites for hydroxylation is 4. The number of rotatable bonds is 9. The van der Waals surface area contributed by atoms with E-state index in [1.54, 1.807) is 37.4 Å². The van der Waals surface area contributed by atoms with Crippen molar-refractivity contribution < 1.29 is 37.2 Å². The first kappa shape index (κ1) is 39.8. The molecule has 2 aliphatic rings. The topological polar surface area (TPSA) is 62.2 Å². The number of halogens is 5. The molecule has 5 nitrogen and oxygen atoms in total. The van der Waals surface area contributed by atoms with E-state index in [-0.39, 0.29) is 28.4 Å². The monoisotopic (exact) mass is 729 g/mol. The highest BCUT2D eigenvalue weighted by molar-refractivity contribution is 6.30. The fourth-order valence-electron chi connectivity index (χ4n) is 6.24. The maximum Gasteiger partial charge on any atom is 0.416 e. The average Bonchev–Trinajstić information content (AvgIpc) is 3.74. The third-order valence-electron chi connectivity index (χ3n) is 9.39. The van der Waals surface area contributed by atoms with E-state index in [0.717, 1.165) is 73.3 Å². The van der Waals surface area contributed by atoms with Crippen LogP contribution in [-0.4, -0.2) is 35.4 Å². The van der Waals surface area contributed by atoms with Gasteiger partial charge >= 0.3 is 6.18 Å². The highest BCUT2D eigenvalue weighted by Gasteiger charge is 2.32. The predicted octanol–water partition coefficient (Wildman–Crippen LogP) is 10.7. The van der Waals surface area contributed by atoms with Gasteiger partial charge in [0.15, 0.2) is 23.0 Å². The van der Waals surface area contributed by atoms with Crippen LogP contribution >= 0.6 is 11.6 Å². The molecule has 6 rings (SSSR count). The molecule has 51 heavy (non-hydrogen) atoms. The number of aromatic hydroxyl groups is 2. The number of hydrogen-bond acceptors (Lipinski definition) is 5. The van der Waals surface area contributed by atoms with Crippen molar-refractivity contribution in [1.82, 2.24) is 4.90 Å². The Balaban J connectivity index is 0.000000194. The van der Waals surface area contributed by atoms with Gasteiger partial charge in [-0.3, -0.25) is 4.90 Å². The number of alkyl halides is 3. The SMILES string of the molecule is COc1cc(CCC(C)C)ccc1O.COc1cc(CC[C@@H](C)N2Cc3ccc(C(F)(F)F)cc3C2)ccc1O.Fc1cc2c(cc1Cl)CCC2. The molecule has 1 atom stereocenters. The number of nitrogens with zero attached hydrogens (tertiary/aromatic N) is 1. The normalized spacial score (nSPS) is 14.2. The maximum absolute atomic E-state index is 12.9. The second-order valence-electron chi connectivity index (χ2n) is 13.6. The van der Waals surface area contributed by atoms with Crippen LogP contribution in [0.3, 0.4) is 0 Å². The molecule has 4 aromatic rings. The number of benzene rings is 4. The van der Waals surface area contributed by atoms with E-state index in [0.29, 0.717) is 30.5 Å². The van der Waals surface area contributed by atoms with Gasteiger partial charge in [-0.2, -0.15) is 13.2 Å². The van der Waals surface area contributed by atoms with Crippen molar-refractivity contribution in [2.45, 2.75) is 91.0 Å². The van der Waals surface area contributed by atoms with Gasteiger partial charge in [0.1, 0.15) is 5.82 Å². The molecule has 0 bridgehead atoms. The van der Waals surface area contributed by atoms with E-state index in [4.69, 9.17) is 21.1 Å². The van der Waals surface area contributed by atoms with Crippen LogP contribution in [0, 0.1) is 11.7 Å². The van der Waals surface area contributed by atoms with Crippen LogP contribution < -0.4 is 9.47 Å². The zero-order chi connectivity index (χ0) is 37.3. The van der Waals surface area contributed by atoms with E-state index in [2.05, 4.69) is 25.7 Å². The van der Waals surface area contributed by atoms with Crippen LogP contribution in [0.25, 0.3) is 0 Å². The summed E-state index contributed by atoms with van der Waals surface area (Å²) in [4.78, 5) is 2.20. The first-order chi connectivity index (χ1) is 24.2. The Labute approximate surface area is 303 Å². The molecule has 0 saturated carbocycles. The molecule has 0 fully saturated rings. The van der Waals surface area contributed by atoms with Crippen molar-refractivity contribution in [2.75, 3.05) is 14.2 Å². The highest BCUT2D eigenvalue weighted by Crippen LogP contribution is 2.35. The molecule has 0 saturated heterocycles. The summed E-state index contributed by atoms with van der Waals surface area (Å²) in [7, 11) is 3.08. The van der Waals surface area contributed by atoms with Crippen LogP contribution in [-0.2, 0) is 44.9 Å². The van der Waals surface area contributed by atoms with Gasteiger partial charge < -0.3 is 19.7 Å². The molecule has 4 aromatic carbocycles. The summed E-state index contributed by atoms with van der Waals surface area (Å²) < 4.78 is 61.6. The van der Waals surface area contributed by atoms with E-state index in [9.17, 15) is 27.8 Å². The first-order valence-corrected chi connectivity index (χ1v) is 17.7. The lowest BCUT2D eigenvalue weighted by Crippen LogP contribution is -2.28. The first-order valence-electron chi connectivity index (χ1n) is 17.3. The summed E-state index contributed by atoms with van der Waals surface area (Å²) in [6, 6.07) is 18.4. The Morgan fingerprint density at radius 2 is 1.27 bits per heavy atom. The smallest absolute Gasteiger partial charge is 0.416 e. The van der Waals surface area contributed by atoms with Crippen LogP contribution in [0.5, 0.6) is 23.0 Å². The number of ether oxygens (including phenoxy) is 2. The van der Waals surface area contributed by atoms with E-state index < -0.39 is 11.7 Å². The number of methoxy groups -OCH3 is 2. The summed E-state index contributed by atoms with van der Waals surface area (Å²) in [5.74, 6) is 1.75. The molecular weight excluding hydrogens is 682 g/mol. The molecule has 1 aliphatic heterocycles. The van der Waals surface area contributed by atoms with Crippen LogP contribution in [0.1, 0.15) is 79.0 Å². The van der Waals surface area contributed by atoms with Crippen molar-refractivity contribution in [3.63, 3.8) is 0 Å². The maximum atomic E-state index is 12.9. The lowest BCUT2D eigenvalue weighted by atomic mass is 10.0. The second kappa shape index (κ2) is 18.0. The number of hydrogen-bond donors (Lipinski definition) is 2. The molecule has 276 valence electrons. The minimum Gasteiger partial charge on any atom is -0.504 e. The summed E-state index contributed by atoms with van der Waals surface area (Å²) >= 11 is 5.62. The Morgan fingerprint density at radius 3 is 1.82 bits per heavy atom. The van der Waals surface area contributed by atoms with Crippen molar-refractivity contribution in [3.8, 4) is 23.0 Å². The minimum atomic E-state index is -4.30. The Kier molecular flexibility index (Phi) is 14.1. The lowest BCUT2D eigenvalue weighted by Gasteiger charge is -2.23. The molecule has 0 aromatic heterocycles. The Bertz CT molecular complexity index is 1730. The molecule has 0 unspecified atom stereocenters. The van der Waals surface area contributed by atoms with E-state index in [1.165, 1.54) is 24.3 Å². The highest BCUT2D eigenvalue weighted by atomic mass is 35.5. The number of phenolic OH excluding ortho intramolecular Hbond substituents is 2. The summed E-state index contributed by atoms with van der Waals surface area (Å²) in [6.07, 6.45) is 2.76. The molecule has 10 heteroatoms. The van der Waals surface area contributed by atoms with Gasteiger partial charge in [-0.25, -0.2) is 4.39 Å². The fraction of sp³-hybridized carbons (Fsp3) is 0.415. The van der Waals surface area contributed by atoms with Gasteiger partial charge in [-0.15, -0.1) is 0 Å². The molecule has 1 heterocycles. The van der Waals surface area contributed by atoms with Gasteiger partial charge in [0.25, 0.3) is 0 Å². The van der Waals surface area contributed by atoms with Gasteiger partial charge in [0.2, 0.25) is 0 Å². The van der Waals surface area contributed by atoms with Gasteiger partial charge in [-0.1, -0.05) is 43.6 Å². The van der Waals surface area contributed by atoms with Crippen LogP contribution in [0.4, 0.5) is 17.6 Å². The zero-order valence-corrected chi connectivity index (χ0v) is 30.7. The van der Waals surface area contributed by atoms with Gasteiger partial charge in [-0.05, 0) is 140 Å². The third-order valence-corrected chi connectivity index (χ3v) is 9.68. The molecule has 2 N–H and O–H groups in total. The summed E-state index contributed by atoms with van der Waals surface area (Å²) in [5, 5.41) is 19.3. The quantitative estimate of drug-likeness (QED) is 0.168.